The molecule has 2 aromatic rings. The number of ketones is 1. The number of aryl methyl sites for hydroxylation is 1. The summed E-state index contributed by atoms with van der Waals surface area (Å²) in [7, 11) is 3.74. The Morgan fingerprint density at radius 3 is 2.35 bits per heavy atom. The number of ether oxygens (including phenoxy) is 2. The van der Waals surface area contributed by atoms with Crippen molar-refractivity contribution in [3.63, 3.8) is 0 Å². The quantitative estimate of drug-likeness (QED) is 0.340. The Bertz CT molecular complexity index is 1110. The lowest BCUT2D eigenvalue weighted by atomic mass is 9.94. The molecule has 8 heteroatoms. The van der Waals surface area contributed by atoms with E-state index in [2.05, 4.69) is 0 Å². The number of likely N-dealkylation sites (tertiary alicyclic amines) is 1. The number of aliphatic hydroxyl groups is 1. The zero-order chi connectivity index (χ0) is 25.0. The van der Waals surface area contributed by atoms with Gasteiger partial charge in [0.05, 0.1) is 24.8 Å². The zero-order valence-electron chi connectivity index (χ0n) is 20.2. The summed E-state index contributed by atoms with van der Waals surface area (Å²) in [5.41, 5.74) is 1.15. The van der Waals surface area contributed by atoms with Crippen LogP contribution in [-0.2, 0) is 9.59 Å². The summed E-state index contributed by atoms with van der Waals surface area (Å²) in [5, 5.41) is 11.2. The van der Waals surface area contributed by atoms with Gasteiger partial charge in [-0.1, -0.05) is 6.07 Å². The molecule has 0 bridgehead atoms. The molecular weight excluding hydrogens is 439 g/mol. The van der Waals surface area contributed by atoms with Crippen molar-refractivity contribution >= 4 is 17.4 Å². The van der Waals surface area contributed by atoms with Crippen LogP contribution in [0.4, 0.5) is 4.39 Å². The summed E-state index contributed by atoms with van der Waals surface area (Å²) in [5.74, 6) is -1.21. The number of carbonyl (C=O) groups excluding carboxylic acids is 2. The predicted octanol–water partition coefficient (Wildman–Crippen LogP) is 3.91. The maximum absolute atomic E-state index is 13.8. The van der Waals surface area contributed by atoms with Gasteiger partial charge in [-0.05, 0) is 76.3 Å². The molecule has 1 aliphatic rings. The first kappa shape index (κ1) is 25.2. The van der Waals surface area contributed by atoms with Crippen LogP contribution in [-0.4, -0.2) is 67.0 Å². The molecule has 182 valence electrons. The third kappa shape index (κ3) is 5.07. The number of hydrogen-bond acceptors (Lipinski definition) is 6. The van der Waals surface area contributed by atoms with Crippen molar-refractivity contribution in [2.24, 2.45) is 0 Å². The normalized spacial score (nSPS) is 17.5. The van der Waals surface area contributed by atoms with Gasteiger partial charge < -0.3 is 24.4 Å². The van der Waals surface area contributed by atoms with E-state index < -0.39 is 23.5 Å². The molecule has 1 amide bonds. The van der Waals surface area contributed by atoms with Gasteiger partial charge in [-0.2, -0.15) is 0 Å². The zero-order valence-corrected chi connectivity index (χ0v) is 20.2. The van der Waals surface area contributed by atoms with Gasteiger partial charge >= 0.3 is 0 Å². The highest BCUT2D eigenvalue weighted by Gasteiger charge is 2.46. The Kier molecular flexibility index (Phi) is 7.94. The van der Waals surface area contributed by atoms with Crippen molar-refractivity contribution in [3.8, 4) is 11.5 Å². The average molecular weight is 471 g/mol. The highest BCUT2D eigenvalue weighted by atomic mass is 19.1. The summed E-state index contributed by atoms with van der Waals surface area (Å²) in [6.07, 6.45) is 0. The van der Waals surface area contributed by atoms with E-state index in [0.29, 0.717) is 42.4 Å². The highest BCUT2D eigenvalue weighted by molar-refractivity contribution is 6.46. The Morgan fingerprint density at radius 1 is 1.06 bits per heavy atom. The molecule has 0 radical (unpaired) electrons. The second-order valence-corrected chi connectivity index (χ2v) is 8.33. The average Bonchev–Trinajstić information content (AvgIpc) is 3.05. The molecular formula is C26H31FN2O5. The third-order valence-electron chi connectivity index (χ3n) is 5.64. The van der Waals surface area contributed by atoms with Crippen molar-refractivity contribution in [1.29, 1.82) is 0 Å². The molecule has 1 aliphatic heterocycles. The Labute approximate surface area is 199 Å². The van der Waals surface area contributed by atoms with Crippen molar-refractivity contribution in [3.05, 3.63) is 64.5 Å². The van der Waals surface area contributed by atoms with E-state index in [1.54, 1.807) is 25.1 Å². The van der Waals surface area contributed by atoms with Crippen LogP contribution in [0.5, 0.6) is 11.5 Å². The minimum Gasteiger partial charge on any atom is -0.507 e. The molecule has 1 unspecified atom stereocenters. The molecule has 1 fully saturated rings. The third-order valence-corrected chi connectivity index (χ3v) is 5.64. The summed E-state index contributed by atoms with van der Waals surface area (Å²) < 4.78 is 25.2. The van der Waals surface area contributed by atoms with E-state index in [9.17, 15) is 19.1 Å². The molecule has 1 heterocycles. The van der Waals surface area contributed by atoms with Crippen molar-refractivity contribution < 1.29 is 28.6 Å². The first-order chi connectivity index (χ1) is 16.2. The van der Waals surface area contributed by atoms with Gasteiger partial charge in [0.2, 0.25) is 0 Å². The second kappa shape index (κ2) is 10.7. The number of halogens is 1. The summed E-state index contributed by atoms with van der Waals surface area (Å²) in [6.45, 7) is 6.93. The van der Waals surface area contributed by atoms with E-state index in [-0.39, 0.29) is 23.4 Å². The van der Waals surface area contributed by atoms with Gasteiger partial charge in [-0.3, -0.25) is 9.59 Å². The van der Waals surface area contributed by atoms with Crippen LogP contribution >= 0.6 is 0 Å². The Morgan fingerprint density at radius 2 is 1.74 bits per heavy atom. The molecule has 1 N–H and O–H groups in total. The van der Waals surface area contributed by atoms with Crippen LogP contribution < -0.4 is 9.47 Å². The van der Waals surface area contributed by atoms with Gasteiger partial charge in [0.25, 0.3) is 11.7 Å². The number of hydrogen-bond donors (Lipinski definition) is 1. The molecule has 0 aromatic heterocycles. The summed E-state index contributed by atoms with van der Waals surface area (Å²) >= 11 is 0. The minimum absolute atomic E-state index is 0.0404. The number of Topliss-reactive ketones (excluding diaryl/α,β-unsaturated/α-hetero) is 1. The number of amides is 1. The standard InChI is InChI=1S/C26H31FN2O5/c1-6-33-20-11-9-17(15-21(20)34-7-2)23-22(24(30)18-8-10-19(27)16(3)14-18)25(31)26(32)29(23)13-12-28(4)5/h8-11,14-15,23,30H,6-7,12-13H2,1-5H3/b24-22-. The van der Waals surface area contributed by atoms with Gasteiger partial charge in [0, 0.05) is 18.7 Å². The van der Waals surface area contributed by atoms with Crippen LogP contribution in [0.25, 0.3) is 5.76 Å². The number of likely N-dealkylation sites (N-methyl/N-ethyl adjacent to an activating group) is 1. The van der Waals surface area contributed by atoms with Gasteiger partial charge in [0.15, 0.2) is 11.5 Å². The van der Waals surface area contributed by atoms with Crippen molar-refractivity contribution in [2.45, 2.75) is 26.8 Å². The highest BCUT2D eigenvalue weighted by Crippen LogP contribution is 2.42. The summed E-state index contributed by atoms with van der Waals surface area (Å²) in [6, 6.07) is 8.47. The van der Waals surface area contributed by atoms with Gasteiger partial charge in [-0.25, -0.2) is 4.39 Å². The van der Waals surface area contributed by atoms with Crippen molar-refractivity contribution in [2.75, 3.05) is 40.4 Å². The van der Waals surface area contributed by atoms with Crippen LogP contribution in [0.2, 0.25) is 0 Å². The molecule has 3 rings (SSSR count). The summed E-state index contributed by atoms with van der Waals surface area (Å²) in [4.78, 5) is 29.5. The first-order valence-electron chi connectivity index (χ1n) is 11.3. The lowest BCUT2D eigenvalue weighted by Gasteiger charge is -2.27. The number of aliphatic hydroxyl groups excluding tert-OH is 1. The Hall–Kier alpha value is -3.39. The molecule has 0 aliphatic carbocycles. The molecule has 0 spiro atoms. The van der Waals surface area contributed by atoms with Crippen LogP contribution in [0.3, 0.4) is 0 Å². The van der Waals surface area contributed by atoms with E-state index in [0.717, 1.165) is 0 Å². The second-order valence-electron chi connectivity index (χ2n) is 8.33. The predicted molar refractivity (Wildman–Crippen MR) is 127 cm³/mol. The number of rotatable bonds is 9. The van der Waals surface area contributed by atoms with E-state index in [1.807, 2.05) is 32.8 Å². The smallest absolute Gasteiger partial charge is 0.295 e. The Balaban J connectivity index is 2.19. The lowest BCUT2D eigenvalue weighted by Crippen LogP contribution is -2.35. The SMILES string of the molecule is CCOc1ccc(C2/C(=C(/O)c3ccc(F)c(C)c3)C(=O)C(=O)N2CCN(C)C)cc1OCC. The fourth-order valence-corrected chi connectivity index (χ4v) is 3.95. The van der Waals surface area contributed by atoms with Gasteiger partial charge in [-0.15, -0.1) is 0 Å². The maximum Gasteiger partial charge on any atom is 0.295 e. The monoisotopic (exact) mass is 470 g/mol. The largest absolute Gasteiger partial charge is 0.507 e. The van der Waals surface area contributed by atoms with E-state index in [4.69, 9.17) is 9.47 Å². The molecule has 7 nitrogen and oxygen atoms in total. The van der Waals surface area contributed by atoms with Crippen LogP contribution in [0.15, 0.2) is 42.0 Å². The number of nitrogens with zero attached hydrogens (tertiary/aromatic N) is 2. The van der Waals surface area contributed by atoms with Crippen LogP contribution in [0, 0.1) is 12.7 Å². The fraction of sp³-hybridized carbons (Fsp3) is 0.385. The molecule has 2 aromatic carbocycles. The topological polar surface area (TPSA) is 79.3 Å². The molecule has 1 atom stereocenters. The molecule has 0 saturated carbocycles. The lowest BCUT2D eigenvalue weighted by molar-refractivity contribution is -0.140. The molecule has 34 heavy (non-hydrogen) atoms. The van der Waals surface area contributed by atoms with E-state index >= 15 is 0 Å². The first-order valence-corrected chi connectivity index (χ1v) is 11.3. The minimum atomic E-state index is -0.833. The maximum atomic E-state index is 13.8. The number of carbonyl (C=O) groups is 2. The van der Waals surface area contributed by atoms with Crippen LogP contribution in [0.1, 0.15) is 36.6 Å². The molecule has 1 saturated heterocycles. The van der Waals surface area contributed by atoms with Gasteiger partial charge in [0.1, 0.15) is 11.6 Å². The fourth-order valence-electron chi connectivity index (χ4n) is 3.95. The van der Waals surface area contributed by atoms with E-state index in [1.165, 1.54) is 23.1 Å². The van der Waals surface area contributed by atoms with Crippen molar-refractivity contribution in [1.82, 2.24) is 9.80 Å². The number of benzene rings is 2.